The predicted octanol–water partition coefficient (Wildman–Crippen LogP) is 0.326. The lowest BCUT2D eigenvalue weighted by Crippen LogP contribution is -2.54. The van der Waals surface area contributed by atoms with Gasteiger partial charge in [0.1, 0.15) is 11.4 Å². The molecule has 2 saturated heterocycles. The van der Waals surface area contributed by atoms with Crippen LogP contribution in [0, 0.1) is 0 Å². The number of hydrogen-bond acceptors (Lipinski definition) is 3. The molecule has 0 aromatic carbocycles. The lowest BCUT2D eigenvalue weighted by Gasteiger charge is -2.40. The van der Waals surface area contributed by atoms with Crippen molar-refractivity contribution in [3.05, 3.63) is 12.4 Å². The maximum atomic E-state index is 12.2. The summed E-state index contributed by atoms with van der Waals surface area (Å²) in [6, 6.07) is 0. The first-order valence-electron chi connectivity index (χ1n) is 5.38. The SMILES string of the molecule is C=C1N(C)C(=O)C2(CCN(C)CC2)N1C. The molecule has 1 spiro atoms. The van der Waals surface area contributed by atoms with Crippen LogP contribution in [0.2, 0.25) is 0 Å². The van der Waals surface area contributed by atoms with E-state index in [1.807, 2.05) is 14.1 Å². The maximum absolute atomic E-state index is 12.2. The summed E-state index contributed by atoms with van der Waals surface area (Å²) in [5.74, 6) is 1.03. The highest BCUT2D eigenvalue weighted by Gasteiger charge is 2.52. The van der Waals surface area contributed by atoms with Gasteiger partial charge in [0.2, 0.25) is 0 Å². The Morgan fingerprint density at radius 1 is 1.20 bits per heavy atom. The Bertz CT molecular complexity index is 305. The summed E-state index contributed by atoms with van der Waals surface area (Å²) in [6.07, 6.45) is 1.81. The average Bonchev–Trinajstić information content (AvgIpc) is 2.39. The van der Waals surface area contributed by atoms with E-state index in [9.17, 15) is 4.79 Å². The molecule has 2 aliphatic heterocycles. The lowest BCUT2D eigenvalue weighted by atomic mass is 9.86. The number of hydrogen-bond donors (Lipinski definition) is 0. The molecule has 4 heteroatoms. The molecule has 2 fully saturated rings. The van der Waals surface area contributed by atoms with Crippen LogP contribution in [0.3, 0.4) is 0 Å². The second-order valence-corrected chi connectivity index (χ2v) is 4.67. The number of carbonyl (C=O) groups is 1. The van der Waals surface area contributed by atoms with Crippen LogP contribution in [0.4, 0.5) is 0 Å². The van der Waals surface area contributed by atoms with Crippen LogP contribution in [-0.4, -0.2) is 60.4 Å². The summed E-state index contributed by atoms with van der Waals surface area (Å²) < 4.78 is 0. The second kappa shape index (κ2) is 3.23. The van der Waals surface area contributed by atoms with Crippen LogP contribution in [0.15, 0.2) is 12.4 Å². The highest BCUT2D eigenvalue weighted by Crippen LogP contribution is 2.38. The number of nitrogens with zero attached hydrogens (tertiary/aromatic N) is 3. The number of likely N-dealkylation sites (N-methyl/N-ethyl adjacent to an activating group) is 2. The number of amides is 1. The zero-order chi connectivity index (χ0) is 11.2. The van der Waals surface area contributed by atoms with Crippen LogP contribution in [0.25, 0.3) is 0 Å². The Morgan fingerprint density at radius 3 is 2.13 bits per heavy atom. The molecular formula is C11H19N3O. The van der Waals surface area contributed by atoms with Gasteiger partial charge in [-0.05, 0) is 19.9 Å². The first kappa shape index (κ1) is 10.5. The Hall–Kier alpha value is -1.03. The minimum absolute atomic E-state index is 0.211. The molecule has 2 rings (SSSR count). The fraction of sp³-hybridized carbons (Fsp3) is 0.727. The van der Waals surface area contributed by atoms with Gasteiger partial charge in [-0.1, -0.05) is 6.58 Å². The molecule has 1 amide bonds. The minimum Gasteiger partial charge on any atom is -0.347 e. The molecule has 0 saturated carbocycles. The van der Waals surface area contributed by atoms with Gasteiger partial charge in [0, 0.05) is 27.2 Å². The van der Waals surface area contributed by atoms with Crippen LogP contribution < -0.4 is 0 Å². The maximum Gasteiger partial charge on any atom is 0.253 e. The Balaban J connectivity index is 2.28. The van der Waals surface area contributed by atoms with Crippen molar-refractivity contribution in [3.63, 3.8) is 0 Å². The summed E-state index contributed by atoms with van der Waals surface area (Å²) in [6.45, 7) is 5.92. The molecule has 4 nitrogen and oxygen atoms in total. The molecule has 0 aromatic heterocycles. The summed E-state index contributed by atoms with van der Waals surface area (Å²) in [5.41, 5.74) is -0.307. The first-order valence-corrected chi connectivity index (χ1v) is 5.38. The van der Waals surface area contributed by atoms with E-state index in [-0.39, 0.29) is 11.4 Å². The van der Waals surface area contributed by atoms with Crippen LogP contribution >= 0.6 is 0 Å². The molecule has 0 unspecified atom stereocenters. The number of rotatable bonds is 0. The van der Waals surface area contributed by atoms with Crippen molar-refractivity contribution in [3.8, 4) is 0 Å². The normalized spacial score (nSPS) is 26.9. The van der Waals surface area contributed by atoms with Gasteiger partial charge in [-0.15, -0.1) is 0 Å². The molecule has 2 aliphatic rings. The summed E-state index contributed by atoms with van der Waals surface area (Å²) in [7, 11) is 5.90. The van der Waals surface area contributed by atoms with E-state index >= 15 is 0 Å². The zero-order valence-electron chi connectivity index (χ0n) is 9.79. The molecule has 0 radical (unpaired) electrons. The molecular weight excluding hydrogens is 190 g/mol. The van der Waals surface area contributed by atoms with E-state index in [0.29, 0.717) is 0 Å². The van der Waals surface area contributed by atoms with Gasteiger partial charge < -0.3 is 14.7 Å². The van der Waals surface area contributed by atoms with Gasteiger partial charge in [0.25, 0.3) is 5.91 Å². The minimum atomic E-state index is -0.307. The van der Waals surface area contributed by atoms with Crippen LogP contribution in [0.1, 0.15) is 12.8 Å². The van der Waals surface area contributed by atoms with Crippen molar-refractivity contribution in [2.75, 3.05) is 34.2 Å². The third kappa shape index (κ3) is 1.28. The topological polar surface area (TPSA) is 26.8 Å². The predicted molar refractivity (Wildman–Crippen MR) is 59.1 cm³/mol. The van der Waals surface area contributed by atoms with E-state index in [2.05, 4.69) is 23.4 Å². The molecule has 15 heavy (non-hydrogen) atoms. The monoisotopic (exact) mass is 209 g/mol. The number of likely N-dealkylation sites (tertiary alicyclic amines) is 1. The largest absolute Gasteiger partial charge is 0.347 e. The van der Waals surface area contributed by atoms with Gasteiger partial charge in [-0.2, -0.15) is 0 Å². The van der Waals surface area contributed by atoms with E-state index < -0.39 is 0 Å². The van der Waals surface area contributed by atoms with Crippen molar-refractivity contribution in [2.24, 2.45) is 0 Å². The number of carbonyl (C=O) groups excluding carboxylic acids is 1. The molecule has 2 heterocycles. The summed E-state index contributed by atoms with van der Waals surface area (Å²) in [5, 5.41) is 0. The first-order chi connectivity index (χ1) is 6.99. The van der Waals surface area contributed by atoms with Crippen LogP contribution in [-0.2, 0) is 4.79 Å². The van der Waals surface area contributed by atoms with Gasteiger partial charge in [0.15, 0.2) is 0 Å². The molecule has 0 aliphatic carbocycles. The van der Waals surface area contributed by atoms with E-state index in [1.165, 1.54) is 0 Å². The third-order valence-electron chi connectivity index (χ3n) is 3.93. The van der Waals surface area contributed by atoms with Gasteiger partial charge in [0.05, 0.1) is 0 Å². The molecule has 0 atom stereocenters. The van der Waals surface area contributed by atoms with Crippen molar-refractivity contribution >= 4 is 5.91 Å². The van der Waals surface area contributed by atoms with Crippen molar-refractivity contribution in [1.82, 2.24) is 14.7 Å². The summed E-state index contributed by atoms with van der Waals surface area (Å²) in [4.78, 5) is 18.2. The molecule has 0 bridgehead atoms. The highest BCUT2D eigenvalue weighted by atomic mass is 16.2. The molecule has 84 valence electrons. The third-order valence-corrected chi connectivity index (χ3v) is 3.93. The van der Waals surface area contributed by atoms with Crippen molar-refractivity contribution in [1.29, 1.82) is 0 Å². The Labute approximate surface area is 91.1 Å². The van der Waals surface area contributed by atoms with E-state index in [1.54, 1.807) is 4.90 Å². The van der Waals surface area contributed by atoms with Gasteiger partial charge >= 0.3 is 0 Å². The Morgan fingerprint density at radius 2 is 1.73 bits per heavy atom. The van der Waals surface area contributed by atoms with Crippen LogP contribution in [0.5, 0.6) is 0 Å². The quantitative estimate of drug-likeness (QED) is 0.575. The van der Waals surface area contributed by atoms with Crippen molar-refractivity contribution in [2.45, 2.75) is 18.4 Å². The smallest absolute Gasteiger partial charge is 0.253 e. The molecule has 0 aromatic rings. The van der Waals surface area contributed by atoms with Gasteiger partial charge in [-0.3, -0.25) is 4.79 Å². The van der Waals surface area contributed by atoms with E-state index in [4.69, 9.17) is 0 Å². The fourth-order valence-corrected chi connectivity index (χ4v) is 2.58. The second-order valence-electron chi connectivity index (χ2n) is 4.67. The zero-order valence-corrected chi connectivity index (χ0v) is 9.79. The Kier molecular flexibility index (Phi) is 2.26. The molecule has 0 N–H and O–H groups in total. The standard InChI is InChI=1S/C11H19N3O/c1-9-13(3)10(15)11(14(9)4)5-7-12(2)8-6-11/h1,5-8H2,2-4H3. The summed E-state index contributed by atoms with van der Waals surface area (Å²) >= 11 is 0. The lowest BCUT2D eigenvalue weighted by molar-refractivity contribution is -0.134. The van der Waals surface area contributed by atoms with E-state index in [0.717, 1.165) is 31.8 Å². The van der Waals surface area contributed by atoms with Gasteiger partial charge in [-0.25, -0.2) is 0 Å². The highest BCUT2D eigenvalue weighted by molar-refractivity contribution is 5.90. The van der Waals surface area contributed by atoms with Crippen molar-refractivity contribution < 1.29 is 4.79 Å². The fourth-order valence-electron chi connectivity index (χ4n) is 2.58. The average molecular weight is 209 g/mol. The number of piperidine rings is 1.